The maximum absolute atomic E-state index is 12.3. The minimum atomic E-state index is -0.194. The first-order valence-corrected chi connectivity index (χ1v) is 9.56. The summed E-state index contributed by atoms with van der Waals surface area (Å²) in [7, 11) is 1.55. The average Bonchev–Trinajstić information content (AvgIpc) is 2.69. The lowest BCUT2D eigenvalue weighted by Gasteiger charge is -2.19. The van der Waals surface area contributed by atoms with E-state index >= 15 is 0 Å². The standard InChI is InChI=1S/C21H26ClN3O3/c1-3-25(15-21(27)24-18-6-4-5-7-19(18)28-2)14-20(26)23-13-12-16-8-10-17(22)11-9-16/h4-11H,3,12-15H2,1-2H3,(H,23,26)(H,24,27). The van der Waals surface area contributed by atoms with Crippen LogP contribution in [0.25, 0.3) is 0 Å². The first-order valence-electron chi connectivity index (χ1n) is 9.18. The molecule has 150 valence electrons. The maximum Gasteiger partial charge on any atom is 0.238 e. The predicted molar refractivity (Wildman–Crippen MR) is 112 cm³/mol. The Morgan fingerprint density at radius 1 is 1.04 bits per heavy atom. The molecule has 0 aliphatic carbocycles. The SMILES string of the molecule is CCN(CC(=O)NCCc1ccc(Cl)cc1)CC(=O)Nc1ccccc1OC. The van der Waals surface area contributed by atoms with Gasteiger partial charge in [-0.15, -0.1) is 0 Å². The first-order chi connectivity index (χ1) is 13.5. The van der Waals surface area contributed by atoms with Crippen LogP contribution in [0.3, 0.4) is 0 Å². The van der Waals surface area contributed by atoms with E-state index in [9.17, 15) is 9.59 Å². The summed E-state index contributed by atoms with van der Waals surface area (Å²) in [5.74, 6) is 0.292. The van der Waals surface area contributed by atoms with E-state index < -0.39 is 0 Å². The van der Waals surface area contributed by atoms with Crippen molar-refractivity contribution in [2.24, 2.45) is 0 Å². The van der Waals surface area contributed by atoms with Crippen LogP contribution in [-0.4, -0.2) is 50.0 Å². The summed E-state index contributed by atoms with van der Waals surface area (Å²) in [6.45, 7) is 3.32. The van der Waals surface area contributed by atoms with Gasteiger partial charge in [-0.05, 0) is 42.8 Å². The molecule has 2 N–H and O–H groups in total. The number of carbonyl (C=O) groups excluding carboxylic acids is 2. The lowest BCUT2D eigenvalue weighted by molar-refractivity contribution is -0.123. The zero-order valence-corrected chi connectivity index (χ0v) is 17.0. The number of nitrogens with one attached hydrogen (secondary N) is 2. The highest BCUT2D eigenvalue weighted by molar-refractivity contribution is 6.30. The molecule has 0 bridgehead atoms. The van der Waals surface area contributed by atoms with Gasteiger partial charge < -0.3 is 15.4 Å². The number of ether oxygens (including phenoxy) is 1. The Morgan fingerprint density at radius 3 is 2.39 bits per heavy atom. The third-order valence-electron chi connectivity index (χ3n) is 4.21. The minimum Gasteiger partial charge on any atom is -0.495 e. The fourth-order valence-electron chi connectivity index (χ4n) is 2.68. The van der Waals surface area contributed by atoms with Crippen molar-refractivity contribution in [1.29, 1.82) is 0 Å². The van der Waals surface area contributed by atoms with E-state index in [1.807, 2.05) is 43.3 Å². The smallest absolute Gasteiger partial charge is 0.238 e. The van der Waals surface area contributed by atoms with Crippen LogP contribution >= 0.6 is 11.6 Å². The summed E-state index contributed by atoms with van der Waals surface area (Å²) in [6.07, 6.45) is 0.726. The van der Waals surface area contributed by atoms with Gasteiger partial charge in [0.2, 0.25) is 11.8 Å². The number of para-hydroxylation sites is 2. The van der Waals surface area contributed by atoms with E-state index in [2.05, 4.69) is 10.6 Å². The lowest BCUT2D eigenvalue weighted by Crippen LogP contribution is -2.41. The molecule has 0 aliphatic heterocycles. The van der Waals surface area contributed by atoms with Gasteiger partial charge in [-0.1, -0.05) is 42.8 Å². The highest BCUT2D eigenvalue weighted by Gasteiger charge is 2.14. The topological polar surface area (TPSA) is 70.7 Å². The number of anilines is 1. The number of likely N-dealkylation sites (N-methyl/N-ethyl adjacent to an activating group) is 1. The number of hydrogen-bond donors (Lipinski definition) is 2. The normalized spacial score (nSPS) is 10.6. The molecule has 0 atom stereocenters. The molecule has 0 radical (unpaired) electrons. The average molecular weight is 404 g/mol. The number of carbonyl (C=O) groups is 2. The highest BCUT2D eigenvalue weighted by Crippen LogP contribution is 2.22. The van der Waals surface area contributed by atoms with E-state index in [4.69, 9.17) is 16.3 Å². The molecule has 28 heavy (non-hydrogen) atoms. The zero-order valence-electron chi connectivity index (χ0n) is 16.2. The van der Waals surface area contributed by atoms with Crippen LogP contribution in [-0.2, 0) is 16.0 Å². The minimum absolute atomic E-state index is 0.110. The second-order valence-corrected chi connectivity index (χ2v) is 6.71. The van der Waals surface area contributed by atoms with Crippen molar-refractivity contribution in [2.45, 2.75) is 13.3 Å². The molecule has 0 saturated carbocycles. The van der Waals surface area contributed by atoms with Crippen molar-refractivity contribution in [3.8, 4) is 5.75 Å². The first kappa shape index (κ1) is 21.7. The van der Waals surface area contributed by atoms with Crippen molar-refractivity contribution in [2.75, 3.05) is 38.6 Å². The van der Waals surface area contributed by atoms with Crippen LogP contribution in [0.4, 0.5) is 5.69 Å². The Kier molecular flexibility index (Phi) is 8.78. The summed E-state index contributed by atoms with van der Waals surface area (Å²) in [4.78, 5) is 26.3. The van der Waals surface area contributed by atoms with Gasteiger partial charge in [0.25, 0.3) is 0 Å². The number of rotatable bonds is 10. The van der Waals surface area contributed by atoms with Gasteiger partial charge in [0.15, 0.2) is 0 Å². The molecule has 6 nitrogen and oxygen atoms in total. The number of halogens is 1. The second kappa shape index (κ2) is 11.3. The number of nitrogens with zero attached hydrogens (tertiary/aromatic N) is 1. The van der Waals surface area contributed by atoms with E-state index in [-0.39, 0.29) is 24.9 Å². The van der Waals surface area contributed by atoms with E-state index in [1.54, 1.807) is 24.1 Å². The number of benzene rings is 2. The van der Waals surface area contributed by atoms with Gasteiger partial charge in [-0.3, -0.25) is 14.5 Å². The Hall–Kier alpha value is -2.57. The summed E-state index contributed by atoms with van der Waals surface area (Å²) in [5, 5.41) is 6.40. The van der Waals surface area contributed by atoms with Gasteiger partial charge in [-0.2, -0.15) is 0 Å². The molecule has 0 fully saturated rings. The molecular weight excluding hydrogens is 378 g/mol. The second-order valence-electron chi connectivity index (χ2n) is 6.28. The number of methoxy groups -OCH3 is 1. The van der Waals surface area contributed by atoms with Crippen LogP contribution in [0.1, 0.15) is 12.5 Å². The summed E-state index contributed by atoms with van der Waals surface area (Å²) in [6, 6.07) is 14.8. The third kappa shape index (κ3) is 7.21. The quantitative estimate of drug-likeness (QED) is 0.639. The zero-order chi connectivity index (χ0) is 20.4. The third-order valence-corrected chi connectivity index (χ3v) is 4.46. The molecule has 2 amide bonds. The van der Waals surface area contributed by atoms with Gasteiger partial charge >= 0.3 is 0 Å². The number of amides is 2. The Bertz CT molecular complexity index is 781. The van der Waals surface area contributed by atoms with Crippen molar-refractivity contribution in [3.63, 3.8) is 0 Å². The van der Waals surface area contributed by atoms with Crippen LogP contribution in [0.15, 0.2) is 48.5 Å². The van der Waals surface area contributed by atoms with E-state index in [0.29, 0.717) is 29.5 Å². The maximum atomic E-state index is 12.3. The summed E-state index contributed by atoms with van der Waals surface area (Å²) >= 11 is 5.86. The fourth-order valence-corrected chi connectivity index (χ4v) is 2.80. The van der Waals surface area contributed by atoms with Crippen molar-refractivity contribution in [1.82, 2.24) is 10.2 Å². The number of hydrogen-bond acceptors (Lipinski definition) is 4. The van der Waals surface area contributed by atoms with Crippen molar-refractivity contribution >= 4 is 29.1 Å². The molecular formula is C21H26ClN3O3. The van der Waals surface area contributed by atoms with Crippen LogP contribution < -0.4 is 15.4 Å². The summed E-state index contributed by atoms with van der Waals surface area (Å²) < 4.78 is 5.23. The predicted octanol–water partition coefficient (Wildman–Crippen LogP) is 2.97. The van der Waals surface area contributed by atoms with Crippen LogP contribution in [0.2, 0.25) is 5.02 Å². The van der Waals surface area contributed by atoms with Gasteiger partial charge in [0, 0.05) is 11.6 Å². The molecule has 0 unspecified atom stereocenters. The van der Waals surface area contributed by atoms with Crippen LogP contribution in [0, 0.1) is 0 Å². The van der Waals surface area contributed by atoms with E-state index in [1.165, 1.54) is 0 Å². The molecule has 0 heterocycles. The van der Waals surface area contributed by atoms with Crippen LogP contribution in [0.5, 0.6) is 5.75 Å². The van der Waals surface area contributed by atoms with Crippen molar-refractivity contribution < 1.29 is 14.3 Å². The molecule has 7 heteroatoms. The molecule has 2 rings (SSSR count). The fraction of sp³-hybridized carbons (Fsp3) is 0.333. The largest absolute Gasteiger partial charge is 0.495 e. The Balaban J connectivity index is 1.76. The highest BCUT2D eigenvalue weighted by atomic mass is 35.5. The Labute approximate surface area is 170 Å². The lowest BCUT2D eigenvalue weighted by atomic mass is 10.1. The molecule has 0 aliphatic rings. The Morgan fingerprint density at radius 2 is 1.71 bits per heavy atom. The molecule has 0 aromatic heterocycles. The van der Waals surface area contributed by atoms with Crippen molar-refractivity contribution in [3.05, 3.63) is 59.1 Å². The monoisotopic (exact) mass is 403 g/mol. The van der Waals surface area contributed by atoms with Gasteiger partial charge in [0.05, 0.1) is 25.9 Å². The molecule has 2 aromatic rings. The molecule has 0 saturated heterocycles. The van der Waals surface area contributed by atoms with Gasteiger partial charge in [0.1, 0.15) is 5.75 Å². The van der Waals surface area contributed by atoms with E-state index in [0.717, 1.165) is 12.0 Å². The molecule has 2 aromatic carbocycles. The summed E-state index contributed by atoms with van der Waals surface area (Å²) in [5.41, 5.74) is 1.71. The molecule has 0 spiro atoms. The van der Waals surface area contributed by atoms with Gasteiger partial charge in [-0.25, -0.2) is 0 Å².